The molecule has 1 saturated carbocycles. The predicted molar refractivity (Wildman–Crippen MR) is 136 cm³/mol. The minimum atomic E-state index is -0.816. The normalized spacial score (nSPS) is 14.5. The van der Waals surface area contributed by atoms with Gasteiger partial charge < -0.3 is 15.0 Å². The maximum Gasteiger partial charge on any atom is 0.247 e. The Morgan fingerprint density at radius 3 is 2.43 bits per heavy atom. The van der Waals surface area contributed by atoms with Gasteiger partial charge in [-0.1, -0.05) is 43.2 Å². The van der Waals surface area contributed by atoms with E-state index in [-0.39, 0.29) is 36.6 Å². The fourth-order valence-electron chi connectivity index (χ4n) is 4.51. The Balaban J connectivity index is 1.69. The van der Waals surface area contributed by atoms with E-state index in [1.807, 2.05) is 48.7 Å². The van der Waals surface area contributed by atoms with E-state index >= 15 is 0 Å². The Morgan fingerprint density at radius 1 is 1.09 bits per heavy atom. The molecule has 2 aromatic carbocycles. The van der Waals surface area contributed by atoms with Crippen molar-refractivity contribution in [3.8, 4) is 5.75 Å². The molecule has 1 aliphatic carbocycles. The lowest BCUT2D eigenvalue weighted by molar-refractivity contribution is -0.141. The van der Waals surface area contributed by atoms with Gasteiger partial charge in [0.1, 0.15) is 17.6 Å². The average Bonchev–Trinajstić information content (AvgIpc) is 3.56. The lowest BCUT2D eigenvalue weighted by Crippen LogP contribution is -2.46. The second-order valence-corrected chi connectivity index (χ2v) is 9.83. The van der Waals surface area contributed by atoms with E-state index in [1.165, 1.54) is 23.5 Å². The van der Waals surface area contributed by atoms with Crippen molar-refractivity contribution in [3.05, 3.63) is 87.9 Å². The number of amides is 2. The minimum absolute atomic E-state index is 0.118. The fraction of sp³-hybridized carbons (Fsp3) is 0.357. The van der Waals surface area contributed by atoms with E-state index in [0.29, 0.717) is 17.9 Å². The summed E-state index contributed by atoms with van der Waals surface area (Å²) < 4.78 is 19.1. The lowest BCUT2D eigenvalue weighted by atomic mass is 10.0. The Labute approximate surface area is 209 Å². The average molecular weight is 495 g/mol. The maximum absolute atomic E-state index is 13.7. The van der Waals surface area contributed by atoms with Crippen LogP contribution in [-0.2, 0) is 22.6 Å². The molecular formula is C28H31FN2O3S. The Kier molecular flexibility index (Phi) is 8.53. The molecule has 1 aliphatic rings. The molecule has 0 aliphatic heterocycles. The van der Waals surface area contributed by atoms with Gasteiger partial charge in [0.2, 0.25) is 11.8 Å². The van der Waals surface area contributed by atoms with E-state index < -0.39 is 6.04 Å². The first-order valence-electron chi connectivity index (χ1n) is 12.1. The number of hydrogen-bond donors (Lipinski definition) is 1. The smallest absolute Gasteiger partial charge is 0.247 e. The number of ether oxygens (including phenoxy) is 1. The molecule has 7 heteroatoms. The topological polar surface area (TPSA) is 58.6 Å². The molecule has 1 fully saturated rings. The number of carbonyl (C=O) groups excluding carboxylic acids is 2. The molecule has 1 aromatic heterocycles. The summed E-state index contributed by atoms with van der Waals surface area (Å²) in [6.07, 6.45) is 4.28. The third-order valence-electron chi connectivity index (χ3n) is 6.26. The van der Waals surface area contributed by atoms with E-state index in [4.69, 9.17) is 4.74 Å². The number of rotatable bonds is 10. The van der Waals surface area contributed by atoms with Crippen LogP contribution in [0.4, 0.5) is 4.39 Å². The summed E-state index contributed by atoms with van der Waals surface area (Å²) in [5, 5.41) is 5.12. The van der Waals surface area contributed by atoms with Crippen LogP contribution < -0.4 is 10.1 Å². The van der Waals surface area contributed by atoms with Crippen molar-refractivity contribution in [2.45, 2.75) is 57.7 Å². The monoisotopic (exact) mass is 494 g/mol. The molecule has 5 nitrogen and oxygen atoms in total. The molecular weight excluding hydrogens is 463 g/mol. The van der Waals surface area contributed by atoms with Gasteiger partial charge >= 0.3 is 0 Å². The third kappa shape index (κ3) is 6.69. The Morgan fingerprint density at radius 2 is 1.80 bits per heavy atom. The molecule has 1 heterocycles. The van der Waals surface area contributed by atoms with Crippen molar-refractivity contribution in [1.29, 1.82) is 0 Å². The van der Waals surface area contributed by atoms with Gasteiger partial charge in [0, 0.05) is 17.5 Å². The molecule has 0 radical (unpaired) electrons. The highest BCUT2D eigenvalue weighted by atomic mass is 32.1. The van der Waals surface area contributed by atoms with Crippen LogP contribution in [0.2, 0.25) is 0 Å². The van der Waals surface area contributed by atoms with Gasteiger partial charge in [0.05, 0.1) is 13.0 Å². The van der Waals surface area contributed by atoms with E-state index in [0.717, 1.165) is 36.1 Å². The molecule has 1 unspecified atom stereocenters. The molecule has 35 heavy (non-hydrogen) atoms. The number of halogens is 1. The largest absolute Gasteiger partial charge is 0.494 e. The minimum Gasteiger partial charge on any atom is -0.494 e. The molecule has 0 bridgehead atoms. The fourth-order valence-corrected chi connectivity index (χ4v) is 5.21. The highest BCUT2D eigenvalue weighted by Crippen LogP contribution is 2.28. The number of nitrogens with one attached hydrogen (secondary N) is 1. The highest BCUT2D eigenvalue weighted by molar-refractivity contribution is 7.10. The summed E-state index contributed by atoms with van der Waals surface area (Å²) in [4.78, 5) is 29.9. The third-order valence-corrected chi connectivity index (χ3v) is 7.14. The molecule has 2 amide bonds. The number of hydrogen-bond acceptors (Lipinski definition) is 4. The highest BCUT2D eigenvalue weighted by Gasteiger charge is 2.33. The van der Waals surface area contributed by atoms with Crippen LogP contribution in [0.3, 0.4) is 0 Å². The predicted octanol–water partition coefficient (Wildman–Crippen LogP) is 5.66. The molecule has 184 valence electrons. The number of benzene rings is 2. The van der Waals surface area contributed by atoms with Crippen molar-refractivity contribution in [2.75, 3.05) is 6.61 Å². The first kappa shape index (κ1) is 24.9. The first-order chi connectivity index (χ1) is 17.0. The van der Waals surface area contributed by atoms with Gasteiger partial charge in [-0.05, 0) is 66.6 Å². The van der Waals surface area contributed by atoms with Gasteiger partial charge in [0.25, 0.3) is 0 Å². The van der Waals surface area contributed by atoms with Crippen molar-refractivity contribution in [1.82, 2.24) is 10.2 Å². The van der Waals surface area contributed by atoms with Crippen molar-refractivity contribution >= 4 is 23.2 Å². The molecule has 4 rings (SSSR count). The first-order valence-corrected chi connectivity index (χ1v) is 13.0. The van der Waals surface area contributed by atoms with Crippen LogP contribution in [0.15, 0.2) is 66.0 Å². The van der Waals surface area contributed by atoms with Crippen LogP contribution >= 0.6 is 11.3 Å². The SMILES string of the molecule is CCOc1ccc(C(C(=O)NC2CCCC2)N(Cc2ccc(F)cc2)C(=O)Cc2cccs2)cc1. The number of carbonyl (C=O) groups is 2. The second-order valence-electron chi connectivity index (χ2n) is 8.80. The standard InChI is InChI=1S/C28H31FN2O3S/c1-2-34-24-15-11-21(12-16-24)27(28(33)30-23-6-3-4-7-23)31(19-20-9-13-22(29)14-10-20)26(32)18-25-8-5-17-35-25/h5,8-17,23,27H,2-4,6-7,18-19H2,1H3,(H,30,33). The summed E-state index contributed by atoms with van der Waals surface area (Å²) in [6, 6.07) is 16.6. The van der Waals surface area contributed by atoms with Crippen LogP contribution in [0.25, 0.3) is 0 Å². The molecule has 1 N–H and O–H groups in total. The summed E-state index contributed by atoms with van der Waals surface area (Å²) in [7, 11) is 0. The molecule has 0 spiro atoms. The molecule has 0 saturated heterocycles. The van der Waals surface area contributed by atoms with Gasteiger partial charge in [-0.3, -0.25) is 9.59 Å². The number of nitrogens with zero attached hydrogens (tertiary/aromatic N) is 1. The maximum atomic E-state index is 13.7. The van der Waals surface area contributed by atoms with Gasteiger partial charge in [-0.2, -0.15) is 0 Å². The summed E-state index contributed by atoms with van der Waals surface area (Å²) >= 11 is 1.51. The molecule has 1 atom stereocenters. The quantitative estimate of drug-likeness (QED) is 0.396. The van der Waals surface area contributed by atoms with Gasteiger partial charge in [0.15, 0.2) is 0 Å². The van der Waals surface area contributed by atoms with Crippen molar-refractivity contribution in [3.63, 3.8) is 0 Å². The van der Waals surface area contributed by atoms with Crippen LogP contribution in [-0.4, -0.2) is 29.4 Å². The van der Waals surface area contributed by atoms with E-state index in [9.17, 15) is 14.0 Å². The van der Waals surface area contributed by atoms with Crippen LogP contribution in [0.1, 0.15) is 54.7 Å². The van der Waals surface area contributed by atoms with Crippen LogP contribution in [0.5, 0.6) is 5.75 Å². The van der Waals surface area contributed by atoms with E-state index in [1.54, 1.807) is 17.0 Å². The Bertz CT molecular complexity index is 1090. The van der Waals surface area contributed by atoms with Gasteiger partial charge in [-0.25, -0.2) is 4.39 Å². The zero-order chi connectivity index (χ0) is 24.6. The zero-order valence-electron chi connectivity index (χ0n) is 19.9. The zero-order valence-corrected chi connectivity index (χ0v) is 20.7. The van der Waals surface area contributed by atoms with Crippen LogP contribution in [0, 0.1) is 5.82 Å². The summed E-state index contributed by atoms with van der Waals surface area (Å²) in [5.41, 5.74) is 1.47. The lowest BCUT2D eigenvalue weighted by Gasteiger charge is -2.32. The van der Waals surface area contributed by atoms with Crippen molar-refractivity contribution < 1.29 is 18.7 Å². The van der Waals surface area contributed by atoms with Gasteiger partial charge in [-0.15, -0.1) is 11.3 Å². The van der Waals surface area contributed by atoms with E-state index in [2.05, 4.69) is 5.32 Å². The summed E-state index contributed by atoms with van der Waals surface area (Å²) in [5.74, 6) is 0.0217. The number of thiophene rings is 1. The second kappa shape index (κ2) is 12.0. The van der Waals surface area contributed by atoms with Crippen molar-refractivity contribution in [2.24, 2.45) is 0 Å². The molecule has 3 aromatic rings. The Hall–Kier alpha value is -3.19. The summed E-state index contributed by atoms with van der Waals surface area (Å²) in [6.45, 7) is 2.65.